The highest BCUT2D eigenvalue weighted by atomic mass is 19.4. The minimum absolute atomic E-state index is 0.176. The highest BCUT2D eigenvalue weighted by Gasteiger charge is 2.35. The Balaban J connectivity index is 1.26. The first kappa shape index (κ1) is 29.3. The fourth-order valence-corrected chi connectivity index (χ4v) is 5.94. The lowest BCUT2D eigenvalue weighted by Crippen LogP contribution is -2.37. The lowest BCUT2D eigenvalue weighted by Gasteiger charge is -2.38. The van der Waals surface area contributed by atoms with E-state index < -0.39 is 17.6 Å². The molecule has 1 aromatic carbocycles. The first-order valence-electron chi connectivity index (χ1n) is 15.1. The second-order valence-corrected chi connectivity index (χ2v) is 12.5. The Morgan fingerprint density at radius 3 is 2.51 bits per heavy atom. The maximum atomic E-state index is 14.4. The molecule has 0 radical (unpaired) electrons. The van der Waals surface area contributed by atoms with Crippen LogP contribution in [0.2, 0.25) is 0 Å². The summed E-state index contributed by atoms with van der Waals surface area (Å²) in [7, 11) is 1.78. The van der Waals surface area contributed by atoms with Gasteiger partial charge in [-0.15, -0.1) is 10.2 Å². The van der Waals surface area contributed by atoms with Gasteiger partial charge >= 0.3 is 6.18 Å². The van der Waals surface area contributed by atoms with Crippen LogP contribution in [-0.4, -0.2) is 41.1 Å². The van der Waals surface area contributed by atoms with Crippen molar-refractivity contribution in [2.24, 2.45) is 12.5 Å². The molecule has 0 saturated heterocycles. The number of pyridine rings is 2. The number of alkyl halides is 3. The van der Waals surface area contributed by atoms with Gasteiger partial charge in [0.1, 0.15) is 12.1 Å². The molecule has 2 aliphatic rings. The molecule has 232 valence electrons. The smallest absolute Gasteiger partial charge is 0.317 e. The minimum Gasteiger partial charge on any atom is -0.317 e. The van der Waals surface area contributed by atoms with Gasteiger partial charge in [-0.25, -0.2) is 14.1 Å². The van der Waals surface area contributed by atoms with Gasteiger partial charge < -0.3 is 9.88 Å². The fraction of sp³-hybridized carbons (Fsp3) is 0.364. The number of benzene rings is 1. The summed E-state index contributed by atoms with van der Waals surface area (Å²) in [6.07, 6.45) is 5.34. The van der Waals surface area contributed by atoms with Crippen molar-refractivity contribution in [3.05, 3.63) is 84.0 Å². The number of rotatable bonds is 9. The van der Waals surface area contributed by atoms with Gasteiger partial charge in [-0.1, -0.05) is 19.4 Å². The van der Waals surface area contributed by atoms with Crippen LogP contribution in [0.15, 0.2) is 61.2 Å². The van der Waals surface area contributed by atoms with Crippen LogP contribution in [0.1, 0.15) is 61.9 Å². The van der Waals surface area contributed by atoms with Crippen molar-refractivity contribution in [1.29, 1.82) is 0 Å². The van der Waals surface area contributed by atoms with E-state index in [9.17, 15) is 17.6 Å². The van der Waals surface area contributed by atoms with Gasteiger partial charge in [-0.3, -0.25) is 4.98 Å². The molecule has 2 saturated carbocycles. The molecule has 5 aromatic rings. The van der Waals surface area contributed by atoms with Gasteiger partial charge in [0.15, 0.2) is 11.6 Å². The Morgan fingerprint density at radius 1 is 1.00 bits per heavy atom. The van der Waals surface area contributed by atoms with E-state index in [2.05, 4.69) is 32.5 Å². The number of nitrogens with zero attached hydrogens (tertiary/aromatic N) is 7. The number of hydrogen-bond donors (Lipinski definition) is 1. The summed E-state index contributed by atoms with van der Waals surface area (Å²) in [5.74, 6) is 0.795. The van der Waals surface area contributed by atoms with Crippen LogP contribution in [-0.2, 0) is 19.8 Å². The number of halogens is 4. The summed E-state index contributed by atoms with van der Waals surface area (Å²) in [6.45, 7) is 3.38. The zero-order valence-corrected chi connectivity index (χ0v) is 24.9. The molecule has 12 heteroatoms. The molecule has 8 nitrogen and oxygen atoms in total. The maximum absolute atomic E-state index is 14.4. The van der Waals surface area contributed by atoms with E-state index in [0.29, 0.717) is 29.4 Å². The van der Waals surface area contributed by atoms with Crippen molar-refractivity contribution in [1.82, 2.24) is 39.8 Å². The third-order valence-corrected chi connectivity index (χ3v) is 8.84. The van der Waals surface area contributed by atoms with Crippen molar-refractivity contribution in [3.63, 3.8) is 0 Å². The molecule has 0 amide bonds. The summed E-state index contributed by atoms with van der Waals surface area (Å²) in [5.41, 5.74) is 2.89. The quantitative estimate of drug-likeness (QED) is 0.178. The maximum Gasteiger partial charge on any atom is 0.418 e. The third kappa shape index (κ3) is 5.98. The predicted molar refractivity (Wildman–Crippen MR) is 161 cm³/mol. The molecular weight excluding hydrogens is 584 g/mol. The predicted octanol–water partition coefficient (Wildman–Crippen LogP) is 7.11. The van der Waals surface area contributed by atoms with E-state index in [4.69, 9.17) is 4.98 Å². The van der Waals surface area contributed by atoms with Crippen LogP contribution in [0.25, 0.3) is 39.6 Å². The second kappa shape index (κ2) is 11.2. The van der Waals surface area contributed by atoms with Crippen molar-refractivity contribution in [2.45, 2.75) is 57.7 Å². The zero-order valence-electron chi connectivity index (χ0n) is 24.9. The van der Waals surface area contributed by atoms with Crippen LogP contribution < -0.4 is 5.32 Å². The van der Waals surface area contributed by atoms with Gasteiger partial charge in [0, 0.05) is 49.1 Å². The summed E-state index contributed by atoms with van der Waals surface area (Å²) in [4.78, 5) is 9.28. The van der Waals surface area contributed by atoms with Gasteiger partial charge in [-0.05, 0) is 78.6 Å². The molecular formula is C33H32F4N8. The van der Waals surface area contributed by atoms with Gasteiger partial charge in [-0.2, -0.15) is 18.3 Å². The topological polar surface area (TPSA) is 86.3 Å². The van der Waals surface area contributed by atoms with E-state index in [0.717, 1.165) is 55.1 Å². The first-order chi connectivity index (χ1) is 21.6. The monoisotopic (exact) mass is 616 g/mol. The van der Waals surface area contributed by atoms with Gasteiger partial charge in [0.25, 0.3) is 0 Å². The molecule has 0 spiro atoms. The molecule has 7 rings (SSSR count). The Morgan fingerprint density at radius 2 is 1.82 bits per heavy atom. The molecule has 45 heavy (non-hydrogen) atoms. The van der Waals surface area contributed by atoms with E-state index in [1.807, 2.05) is 6.07 Å². The molecule has 0 atom stereocenters. The highest BCUT2D eigenvalue weighted by Crippen LogP contribution is 2.42. The zero-order chi connectivity index (χ0) is 31.3. The number of nitrogens with one attached hydrogen (secondary N) is 1. The number of hydrogen-bond acceptors (Lipinski definition) is 6. The standard InChI is InChI=1S/C33H32F4N8/c1-32(10-3-11-32)18-38-16-24-7-9-27(33(35,36)37)30(41-24)22-15-40-45(17-22)29-13-21(12-28(42-29)20-4-5-20)25-8-6-23(34)14-26(25)31-43-39-19-44(31)2/h6-9,12-15,17,19-20,38H,3-5,10-11,16,18H2,1-2H3. The molecule has 2 aliphatic carbocycles. The van der Waals surface area contributed by atoms with Crippen molar-refractivity contribution in [2.75, 3.05) is 6.54 Å². The fourth-order valence-electron chi connectivity index (χ4n) is 5.94. The minimum atomic E-state index is -4.59. The Labute approximate surface area is 257 Å². The summed E-state index contributed by atoms with van der Waals surface area (Å²) in [5, 5.41) is 15.9. The Kier molecular flexibility index (Phi) is 7.26. The van der Waals surface area contributed by atoms with Crippen LogP contribution in [0, 0.1) is 11.2 Å². The lowest BCUT2D eigenvalue weighted by molar-refractivity contribution is -0.137. The SMILES string of the molecule is Cn1cnnc1-c1cc(F)ccc1-c1cc(C2CC2)nc(-n2cc(-c3nc(CNCC4(C)CCC4)ccc3C(F)(F)F)cn2)c1. The van der Waals surface area contributed by atoms with E-state index in [1.54, 1.807) is 30.1 Å². The van der Waals surface area contributed by atoms with Crippen molar-refractivity contribution < 1.29 is 17.6 Å². The van der Waals surface area contributed by atoms with Crippen LogP contribution >= 0.6 is 0 Å². The summed E-state index contributed by atoms with van der Waals surface area (Å²) in [6, 6.07) is 10.8. The van der Waals surface area contributed by atoms with E-state index >= 15 is 0 Å². The Hall–Kier alpha value is -4.45. The lowest BCUT2D eigenvalue weighted by atomic mass is 9.70. The third-order valence-electron chi connectivity index (χ3n) is 8.84. The number of aryl methyl sites for hydroxylation is 1. The summed E-state index contributed by atoms with van der Waals surface area (Å²) < 4.78 is 60.0. The van der Waals surface area contributed by atoms with Crippen LogP contribution in [0.5, 0.6) is 0 Å². The molecule has 1 N–H and O–H groups in total. The molecule has 2 fully saturated rings. The van der Waals surface area contributed by atoms with Gasteiger partial charge in [0.05, 0.1) is 23.1 Å². The first-order valence-corrected chi connectivity index (χ1v) is 15.1. The largest absolute Gasteiger partial charge is 0.418 e. The molecule has 4 heterocycles. The Bertz CT molecular complexity index is 1870. The van der Waals surface area contributed by atoms with Crippen molar-refractivity contribution >= 4 is 0 Å². The molecule has 0 aliphatic heterocycles. The summed E-state index contributed by atoms with van der Waals surface area (Å²) >= 11 is 0. The molecule has 4 aromatic heterocycles. The van der Waals surface area contributed by atoms with Gasteiger partial charge in [0.2, 0.25) is 0 Å². The molecule has 0 bridgehead atoms. The second-order valence-electron chi connectivity index (χ2n) is 12.5. The van der Waals surface area contributed by atoms with E-state index in [-0.39, 0.29) is 22.6 Å². The normalized spacial score (nSPS) is 16.1. The molecule has 0 unspecified atom stereocenters. The van der Waals surface area contributed by atoms with Crippen LogP contribution in [0.3, 0.4) is 0 Å². The van der Waals surface area contributed by atoms with E-state index in [1.165, 1.54) is 41.7 Å². The van der Waals surface area contributed by atoms with Crippen LogP contribution in [0.4, 0.5) is 17.6 Å². The average Bonchev–Trinajstić information content (AvgIpc) is 3.57. The highest BCUT2D eigenvalue weighted by molar-refractivity contribution is 5.81. The number of aromatic nitrogens is 7. The average molecular weight is 617 g/mol. The van der Waals surface area contributed by atoms with Crippen molar-refractivity contribution in [3.8, 4) is 39.6 Å².